The number of nitrogens with one attached hydrogen (secondary N) is 2. The molecule has 0 aromatic rings. The number of carbonyl (C=O) groups excluding carboxylic acids is 1. The third-order valence-electron chi connectivity index (χ3n) is 0.313. The summed E-state index contributed by atoms with van der Waals surface area (Å²) in [5.74, 6) is 0. The number of rotatable bonds is 0. The van der Waals surface area contributed by atoms with Gasteiger partial charge in [-0.25, -0.2) is 4.79 Å². The Morgan fingerprint density at radius 1 is 1.83 bits per heavy atom. The van der Waals surface area contributed by atoms with Crippen molar-refractivity contribution in [3.8, 4) is 0 Å². The predicted octanol–water partition coefficient (Wildman–Crippen LogP) is -0.200. The molecular weight excluding hydrogens is 87.0 g/mol. The summed E-state index contributed by atoms with van der Waals surface area (Å²) in [6.07, 6.45) is 0. The van der Waals surface area contributed by atoms with Crippen LogP contribution in [0.3, 0.4) is 0 Å². The second-order valence-corrected chi connectivity index (χ2v) is 0.674. The molecule has 0 atom stereocenters. The number of hydrogen-bond acceptors (Lipinski definition) is 1. The molecule has 2 N–H and O–H groups in total. The zero-order valence-electron chi connectivity index (χ0n) is 3.29. The van der Waals surface area contributed by atoms with Crippen LogP contribution in [-0.2, 0) is 0 Å². The highest BCUT2D eigenvalue weighted by Gasteiger charge is 1.85. The van der Waals surface area contributed by atoms with Crippen LogP contribution >= 0.6 is 0 Å². The van der Waals surface area contributed by atoms with E-state index in [1.807, 2.05) is 5.32 Å². The molecule has 0 rings (SSSR count). The van der Waals surface area contributed by atoms with E-state index in [1.54, 1.807) is 0 Å². The Labute approximate surface area is 34.5 Å². The second kappa shape index (κ2) is 2.44. The fourth-order valence-electron chi connectivity index (χ4n) is 0.0472. The van der Waals surface area contributed by atoms with Crippen LogP contribution in [0, 0.1) is 0 Å². The quantitative estimate of drug-likeness (QED) is 0.399. The molecule has 0 aliphatic carbocycles. The van der Waals surface area contributed by atoms with E-state index in [0.717, 1.165) is 5.54 Å². The normalized spacial score (nSPS) is 7.00. The van der Waals surface area contributed by atoms with Crippen LogP contribution in [0.15, 0.2) is 0 Å². The minimum absolute atomic E-state index is 0.824. The topological polar surface area (TPSA) is 41.1 Å². The summed E-state index contributed by atoms with van der Waals surface area (Å²) in [7, 11) is 1.33. The molecule has 0 bridgehead atoms. The van der Waals surface area contributed by atoms with Crippen LogP contribution in [0.1, 0.15) is 0 Å². The van der Waals surface area contributed by atoms with Gasteiger partial charge >= 0.3 is 6.03 Å². The van der Waals surface area contributed by atoms with Crippen molar-refractivity contribution in [2.75, 3.05) is 7.05 Å². The molecule has 36 valence electrons. The number of amides is 2. The van der Waals surface area contributed by atoms with Gasteiger partial charge in [0.05, 0.1) is 0 Å². The lowest BCUT2D eigenvalue weighted by Gasteiger charge is -1.86. The van der Waals surface area contributed by atoms with Crippen LogP contribution in [-0.4, -0.2) is 13.1 Å². The third kappa shape index (κ3) is 1.51. The summed E-state index contributed by atoms with van der Waals surface area (Å²) >= 11 is 0. The molecule has 0 radical (unpaired) electrons. The van der Waals surface area contributed by atoms with Gasteiger partial charge in [0.2, 0.25) is 0 Å². The minimum atomic E-state index is -0.824. The van der Waals surface area contributed by atoms with Crippen LogP contribution in [0.4, 0.5) is 9.28 Å². The van der Waals surface area contributed by atoms with Crippen molar-refractivity contribution in [3.63, 3.8) is 0 Å². The van der Waals surface area contributed by atoms with Gasteiger partial charge in [-0.15, -0.1) is 0 Å². The monoisotopic (exact) mass is 92.0 g/mol. The lowest BCUT2D eigenvalue weighted by Crippen LogP contribution is -2.26. The van der Waals surface area contributed by atoms with E-state index < -0.39 is 6.03 Å². The van der Waals surface area contributed by atoms with E-state index >= 15 is 0 Å². The Morgan fingerprint density at radius 3 is 2.33 bits per heavy atom. The van der Waals surface area contributed by atoms with Crippen molar-refractivity contribution in [1.82, 2.24) is 10.9 Å². The van der Waals surface area contributed by atoms with Crippen molar-refractivity contribution in [3.05, 3.63) is 0 Å². The molecule has 0 aliphatic rings. The SMILES string of the molecule is CNC(=O)NF. The lowest BCUT2D eigenvalue weighted by atomic mass is 11.0. The number of urea groups is 1. The van der Waals surface area contributed by atoms with Crippen LogP contribution in [0.2, 0.25) is 0 Å². The van der Waals surface area contributed by atoms with Crippen LogP contribution in [0.5, 0.6) is 0 Å². The average Bonchev–Trinajstić information content (AvgIpc) is 1.65. The van der Waals surface area contributed by atoms with Crippen molar-refractivity contribution >= 4 is 6.03 Å². The van der Waals surface area contributed by atoms with Gasteiger partial charge in [-0.1, -0.05) is 4.48 Å². The van der Waals surface area contributed by atoms with Crippen LogP contribution < -0.4 is 10.9 Å². The maximum absolute atomic E-state index is 10.7. The van der Waals surface area contributed by atoms with Crippen molar-refractivity contribution in [2.24, 2.45) is 0 Å². The van der Waals surface area contributed by atoms with E-state index in [9.17, 15) is 9.28 Å². The summed E-state index contributed by atoms with van der Waals surface area (Å²) < 4.78 is 10.7. The Kier molecular flexibility index (Phi) is 2.11. The van der Waals surface area contributed by atoms with Gasteiger partial charge in [0.25, 0.3) is 0 Å². The highest BCUT2D eigenvalue weighted by Crippen LogP contribution is 1.54. The zero-order chi connectivity index (χ0) is 4.99. The second-order valence-electron chi connectivity index (χ2n) is 0.674. The molecular formula is C2H5FN2O. The highest BCUT2D eigenvalue weighted by molar-refractivity contribution is 5.71. The minimum Gasteiger partial charge on any atom is -0.339 e. The number of hydrogen-bond donors (Lipinski definition) is 2. The van der Waals surface area contributed by atoms with Crippen molar-refractivity contribution in [2.45, 2.75) is 0 Å². The van der Waals surface area contributed by atoms with E-state index in [1.165, 1.54) is 7.05 Å². The summed E-state index contributed by atoms with van der Waals surface area (Å²) in [5.41, 5.74) is 0.865. The first-order valence-electron chi connectivity index (χ1n) is 1.39. The summed E-state index contributed by atoms with van der Waals surface area (Å²) in [6, 6.07) is -0.824. The standard InChI is InChI=1S/C2H5FN2O/c1-4-2(6)5-3/h1H3,(H2,4,5,6). The van der Waals surface area contributed by atoms with Gasteiger partial charge in [0.15, 0.2) is 0 Å². The molecule has 0 heterocycles. The van der Waals surface area contributed by atoms with Crippen molar-refractivity contribution in [1.29, 1.82) is 0 Å². The molecule has 4 heteroatoms. The Bertz CT molecular complexity index is 49.5. The fourth-order valence-corrected chi connectivity index (χ4v) is 0.0472. The fraction of sp³-hybridized carbons (Fsp3) is 0.500. The van der Waals surface area contributed by atoms with Gasteiger partial charge < -0.3 is 5.32 Å². The maximum atomic E-state index is 10.7. The molecule has 0 spiro atoms. The molecule has 0 aromatic heterocycles. The Hall–Kier alpha value is -0.800. The molecule has 0 fully saturated rings. The number of halogens is 1. The van der Waals surface area contributed by atoms with Gasteiger partial charge in [-0.3, -0.25) is 0 Å². The molecule has 2 amide bonds. The van der Waals surface area contributed by atoms with Crippen molar-refractivity contribution < 1.29 is 9.28 Å². The molecule has 0 aromatic carbocycles. The summed E-state index contributed by atoms with van der Waals surface area (Å²) in [4.78, 5) is 9.58. The van der Waals surface area contributed by atoms with Gasteiger partial charge in [-0.2, -0.15) is 5.54 Å². The summed E-state index contributed by atoms with van der Waals surface area (Å²) in [6.45, 7) is 0. The molecule has 6 heavy (non-hydrogen) atoms. The lowest BCUT2D eigenvalue weighted by molar-refractivity contribution is 0.219. The van der Waals surface area contributed by atoms with Crippen LogP contribution in [0.25, 0.3) is 0 Å². The maximum Gasteiger partial charge on any atom is 0.342 e. The predicted molar refractivity (Wildman–Crippen MR) is 18.7 cm³/mol. The van der Waals surface area contributed by atoms with Gasteiger partial charge in [0.1, 0.15) is 0 Å². The zero-order valence-corrected chi connectivity index (χ0v) is 3.29. The third-order valence-corrected chi connectivity index (χ3v) is 0.313. The molecule has 0 saturated heterocycles. The average molecular weight is 92.1 g/mol. The Balaban J connectivity index is 2.99. The summed E-state index contributed by atoms with van der Waals surface area (Å²) in [5, 5.41) is 1.99. The van der Waals surface area contributed by atoms with Gasteiger partial charge in [0, 0.05) is 7.05 Å². The first-order chi connectivity index (χ1) is 2.81. The van der Waals surface area contributed by atoms with E-state index in [-0.39, 0.29) is 0 Å². The first-order valence-corrected chi connectivity index (χ1v) is 1.39. The molecule has 0 saturated carbocycles. The largest absolute Gasteiger partial charge is 0.342 e. The van der Waals surface area contributed by atoms with E-state index in [2.05, 4.69) is 0 Å². The van der Waals surface area contributed by atoms with Gasteiger partial charge in [-0.05, 0) is 0 Å². The van der Waals surface area contributed by atoms with E-state index in [0.29, 0.717) is 0 Å². The highest BCUT2D eigenvalue weighted by atomic mass is 19.2. The molecule has 3 nitrogen and oxygen atoms in total. The molecule has 0 unspecified atom stereocenters. The van der Waals surface area contributed by atoms with E-state index in [4.69, 9.17) is 0 Å². The first kappa shape index (κ1) is 5.20. The smallest absolute Gasteiger partial charge is 0.339 e. The Morgan fingerprint density at radius 2 is 2.33 bits per heavy atom. The molecule has 0 aliphatic heterocycles. The number of carbonyl (C=O) groups is 1.